The Kier molecular flexibility index (Phi) is 5.32. The van der Waals surface area contributed by atoms with Crippen LogP contribution in [0.2, 0.25) is 5.02 Å². The zero-order chi connectivity index (χ0) is 20.4. The minimum absolute atomic E-state index is 0.225. The fraction of sp³-hybridized carbons (Fsp3) is 0.263. The van der Waals surface area contributed by atoms with E-state index in [4.69, 9.17) is 16.3 Å². The van der Waals surface area contributed by atoms with Gasteiger partial charge in [0, 0.05) is 50.0 Å². The lowest BCUT2D eigenvalue weighted by atomic mass is 10.1. The Labute approximate surface area is 171 Å². The molecule has 0 aliphatic rings. The number of hydrogen-bond acceptors (Lipinski definition) is 6. The summed E-state index contributed by atoms with van der Waals surface area (Å²) >= 11 is 6.35. The highest BCUT2D eigenvalue weighted by atomic mass is 35.5. The highest BCUT2D eigenvalue weighted by Crippen LogP contribution is 2.24. The van der Waals surface area contributed by atoms with E-state index in [1.807, 2.05) is 37.5 Å². The molecule has 0 saturated heterocycles. The summed E-state index contributed by atoms with van der Waals surface area (Å²) in [6.07, 6.45) is 2.44. The fourth-order valence-electron chi connectivity index (χ4n) is 2.96. The SMILES string of the molecule is COCCc1cc(=O)n2[nH]c(NCc3cc(-c4ccn(C)n4)ccc3Cl)nc2n1. The number of halogens is 1. The standard InChI is InChI=1S/C19H20ClN7O2/c1-26-7-5-16(24-26)12-3-4-15(20)13(9-12)11-21-18-23-19-22-14(6-8-29-2)10-17(28)27(19)25-18/h3-5,7,9-10H,6,8,11H2,1-2H3,(H2,21,22,23,25). The first-order valence-corrected chi connectivity index (χ1v) is 9.41. The number of fused-ring (bicyclic) bond motifs is 1. The minimum atomic E-state index is -0.225. The Morgan fingerprint density at radius 1 is 1.24 bits per heavy atom. The van der Waals surface area contributed by atoms with E-state index in [9.17, 15) is 4.79 Å². The van der Waals surface area contributed by atoms with Gasteiger partial charge in [-0.15, -0.1) is 0 Å². The molecule has 0 radical (unpaired) electrons. The second-order valence-corrected chi connectivity index (χ2v) is 6.98. The third-order valence-corrected chi connectivity index (χ3v) is 4.82. The van der Waals surface area contributed by atoms with E-state index in [2.05, 4.69) is 25.5 Å². The van der Waals surface area contributed by atoms with Gasteiger partial charge in [0.1, 0.15) is 0 Å². The molecule has 0 unspecified atom stereocenters. The summed E-state index contributed by atoms with van der Waals surface area (Å²) in [5.74, 6) is 0.734. The molecule has 0 atom stereocenters. The summed E-state index contributed by atoms with van der Waals surface area (Å²) in [5.41, 5.74) is 3.14. The summed E-state index contributed by atoms with van der Waals surface area (Å²) in [7, 11) is 3.48. The second kappa shape index (κ2) is 8.06. The van der Waals surface area contributed by atoms with E-state index in [-0.39, 0.29) is 5.56 Å². The highest BCUT2D eigenvalue weighted by Gasteiger charge is 2.10. The quantitative estimate of drug-likeness (QED) is 0.482. The van der Waals surface area contributed by atoms with Gasteiger partial charge in [0.15, 0.2) is 0 Å². The monoisotopic (exact) mass is 413 g/mol. The molecule has 0 saturated carbocycles. The summed E-state index contributed by atoms with van der Waals surface area (Å²) in [6, 6.07) is 9.17. The Bertz CT molecular complexity index is 1210. The van der Waals surface area contributed by atoms with Crippen molar-refractivity contribution in [3.05, 3.63) is 63.2 Å². The maximum Gasteiger partial charge on any atom is 0.274 e. The van der Waals surface area contributed by atoms with Crippen LogP contribution in [0.3, 0.4) is 0 Å². The molecule has 10 heteroatoms. The zero-order valence-corrected chi connectivity index (χ0v) is 16.8. The molecule has 0 bridgehead atoms. The predicted octanol–water partition coefficient (Wildman–Crippen LogP) is 2.27. The first-order chi connectivity index (χ1) is 14.0. The van der Waals surface area contributed by atoms with Crippen molar-refractivity contribution < 1.29 is 4.74 Å². The number of nitrogens with one attached hydrogen (secondary N) is 2. The van der Waals surface area contributed by atoms with E-state index < -0.39 is 0 Å². The van der Waals surface area contributed by atoms with Crippen LogP contribution in [-0.4, -0.2) is 43.1 Å². The van der Waals surface area contributed by atoms with Crippen LogP contribution in [0.5, 0.6) is 0 Å². The van der Waals surface area contributed by atoms with Crippen LogP contribution >= 0.6 is 11.6 Å². The Hall–Kier alpha value is -3.17. The van der Waals surface area contributed by atoms with Gasteiger partial charge in [0.05, 0.1) is 18.0 Å². The van der Waals surface area contributed by atoms with Crippen LogP contribution in [-0.2, 0) is 24.8 Å². The lowest BCUT2D eigenvalue weighted by Crippen LogP contribution is -2.16. The van der Waals surface area contributed by atoms with Crippen LogP contribution in [0, 0.1) is 0 Å². The molecular formula is C19H20ClN7O2. The molecule has 150 valence electrons. The molecule has 0 fully saturated rings. The van der Waals surface area contributed by atoms with Gasteiger partial charge in [0.25, 0.3) is 11.3 Å². The fourth-order valence-corrected chi connectivity index (χ4v) is 3.14. The van der Waals surface area contributed by atoms with E-state index in [0.29, 0.717) is 42.0 Å². The molecule has 2 N–H and O–H groups in total. The van der Waals surface area contributed by atoms with Crippen molar-refractivity contribution >= 4 is 23.3 Å². The third-order valence-electron chi connectivity index (χ3n) is 4.45. The average molecular weight is 414 g/mol. The van der Waals surface area contributed by atoms with Crippen molar-refractivity contribution in [3.8, 4) is 11.3 Å². The van der Waals surface area contributed by atoms with Crippen molar-refractivity contribution in [2.75, 3.05) is 19.0 Å². The lowest BCUT2D eigenvalue weighted by molar-refractivity contribution is 0.201. The van der Waals surface area contributed by atoms with Crippen molar-refractivity contribution in [2.45, 2.75) is 13.0 Å². The summed E-state index contributed by atoms with van der Waals surface area (Å²) in [4.78, 5) is 21.0. The van der Waals surface area contributed by atoms with Crippen molar-refractivity contribution in [2.24, 2.45) is 7.05 Å². The number of rotatable bonds is 7. The Morgan fingerprint density at radius 3 is 2.86 bits per heavy atom. The van der Waals surface area contributed by atoms with Crippen molar-refractivity contribution in [1.29, 1.82) is 0 Å². The summed E-state index contributed by atoms with van der Waals surface area (Å²) in [6.45, 7) is 0.911. The third kappa shape index (κ3) is 4.15. The first-order valence-electron chi connectivity index (χ1n) is 9.03. The molecule has 3 heterocycles. The molecule has 0 amide bonds. The molecule has 1 aromatic carbocycles. The van der Waals surface area contributed by atoms with Crippen LogP contribution < -0.4 is 10.9 Å². The first kappa shape index (κ1) is 19.2. The molecular weight excluding hydrogens is 394 g/mol. The number of nitrogens with zero attached hydrogens (tertiary/aromatic N) is 5. The number of H-pyrrole nitrogens is 1. The number of aryl methyl sites for hydroxylation is 1. The molecule has 29 heavy (non-hydrogen) atoms. The number of aromatic nitrogens is 6. The summed E-state index contributed by atoms with van der Waals surface area (Å²) in [5, 5.41) is 11.1. The number of aromatic amines is 1. The molecule has 4 aromatic rings. The highest BCUT2D eigenvalue weighted by molar-refractivity contribution is 6.31. The number of benzene rings is 1. The largest absolute Gasteiger partial charge is 0.384 e. The Morgan fingerprint density at radius 2 is 2.10 bits per heavy atom. The molecule has 0 spiro atoms. The van der Waals surface area contributed by atoms with Gasteiger partial charge in [-0.05, 0) is 23.8 Å². The number of ether oxygens (including phenoxy) is 1. The smallest absolute Gasteiger partial charge is 0.274 e. The van der Waals surface area contributed by atoms with Gasteiger partial charge < -0.3 is 10.1 Å². The van der Waals surface area contributed by atoms with Gasteiger partial charge in [0.2, 0.25) is 5.95 Å². The van der Waals surface area contributed by atoms with Gasteiger partial charge in [-0.2, -0.15) is 14.6 Å². The topological polar surface area (TPSA) is 102 Å². The van der Waals surface area contributed by atoms with Crippen LogP contribution in [0.4, 0.5) is 5.95 Å². The second-order valence-electron chi connectivity index (χ2n) is 6.57. The predicted molar refractivity (Wildman–Crippen MR) is 110 cm³/mol. The van der Waals surface area contributed by atoms with Gasteiger partial charge in [-0.3, -0.25) is 14.6 Å². The van der Waals surface area contributed by atoms with Crippen LogP contribution in [0.25, 0.3) is 17.0 Å². The molecule has 3 aromatic heterocycles. The lowest BCUT2D eigenvalue weighted by Gasteiger charge is -2.07. The average Bonchev–Trinajstić information content (AvgIpc) is 3.32. The van der Waals surface area contributed by atoms with E-state index >= 15 is 0 Å². The Balaban J connectivity index is 1.55. The maximum absolute atomic E-state index is 12.3. The normalized spacial score (nSPS) is 11.3. The van der Waals surface area contributed by atoms with Crippen LogP contribution in [0.15, 0.2) is 41.3 Å². The maximum atomic E-state index is 12.3. The molecule has 9 nitrogen and oxygen atoms in total. The number of hydrogen-bond donors (Lipinski definition) is 2. The van der Waals surface area contributed by atoms with E-state index in [1.165, 1.54) is 10.6 Å². The van der Waals surface area contributed by atoms with Crippen LogP contribution in [0.1, 0.15) is 11.3 Å². The minimum Gasteiger partial charge on any atom is -0.384 e. The van der Waals surface area contributed by atoms with Gasteiger partial charge in [-0.1, -0.05) is 17.7 Å². The summed E-state index contributed by atoms with van der Waals surface area (Å²) < 4.78 is 8.08. The van der Waals surface area contributed by atoms with E-state index in [0.717, 1.165) is 16.8 Å². The molecule has 4 rings (SSSR count). The molecule has 0 aliphatic carbocycles. The van der Waals surface area contributed by atoms with Crippen molar-refractivity contribution in [1.82, 2.24) is 29.4 Å². The van der Waals surface area contributed by atoms with Gasteiger partial charge >= 0.3 is 0 Å². The molecule has 0 aliphatic heterocycles. The van der Waals surface area contributed by atoms with E-state index in [1.54, 1.807) is 11.8 Å². The van der Waals surface area contributed by atoms with Crippen molar-refractivity contribution in [3.63, 3.8) is 0 Å². The number of methoxy groups -OCH3 is 1. The van der Waals surface area contributed by atoms with Gasteiger partial charge in [-0.25, -0.2) is 4.98 Å². The number of anilines is 1. The zero-order valence-electron chi connectivity index (χ0n) is 16.0.